The monoisotopic (exact) mass is 547 g/mol. The third-order valence-corrected chi connectivity index (χ3v) is 7.19. The molecule has 0 bridgehead atoms. The van der Waals surface area contributed by atoms with Crippen LogP contribution in [0.4, 0.5) is 11.5 Å². The number of nitrogens with zero attached hydrogens (tertiary/aromatic N) is 4. The maximum absolute atomic E-state index is 6.33. The van der Waals surface area contributed by atoms with Crippen molar-refractivity contribution in [2.75, 3.05) is 84.2 Å². The quantitative estimate of drug-likeness (QED) is 0.309. The fourth-order valence-electron chi connectivity index (χ4n) is 4.99. The van der Waals surface area contributed by atoms with E-state index in [4.69, 9.17) is 18.9 Å². The van der Waals surface area contributed by atoms with Crippen LogP contribution in [0.1, 0.15) is 25.3 Å². The van der Waals surface area contributed by atoms with Crippen molar-refractivity contribution in [3.63, 3.8) is 0 Å². The first-order valence-corrected chi connectivity index (χ1v) is 14.4. The summed E-state index contributed by atoms with van der Waals surface area (Å²) in [4.78, 5) is 13.9. The molecule has 5 rings (SSSR count). The molecule has 1 aromatic heterocycles. The van der Waals surface area contributed by atoms with Crippen molar-refractivity contribution in [3.05, 3.63) is 54.4 Å². The topological polar surface area (TPSA) is 81.2 Å². The number of rotatable bonds is 13. The van der Waals surface area contributed by atoms with E-state index >= 15 is 0 Å². The van der Waals surface area contributed by atoms with Crippen molar-refractivity contribution < 1.29 is 18.9 Å². The summed E-state index contributed by atoms with van der Waals surface area (Å²) >= 11 is 0. The number of morpholine rings is 2. The van der Waals surface area contributed by atoms with Gasteiger partial charge in [-0.05, 0) is 43.5 Å². The highest BCUT2D eigenvalue weighted by molar-refractivity contribution is 5.93. The van der Waals surface area contributed by atoms with E-state index in [0.29, 0.717) is 13.2 Å². The molecule has 2 aromatic carbocycles. The van der Waals surface area contributed by atoms with Gasteiger partial charge >= 0.3 is 0 Å². The Kier molecular flexibility index (Phi) is 10.6. The van der Waals surface area contributed by atoms with Gasteiger partial charge in [-0.15, -0.1) is 0 Å². The summed E-state index contributed by atoms with van der Waals surface area (Å²) in [6, 6.07) is 12.3. The van der Waals surface area contributed by atoms with Crippen LogP contribution in [0.25, 0.3) is 17.0 Å². The zero-order valence-corrected chi connectivity index (χ0v) is 23.5. The zero-order chi connectivity index (χ0) is 27.4. The van der Waals surface area contributed by atoms with Gasteiger partial charge in [-0.25, -0.2) is 9.97 Å². The van der Waals surface area contributed by atoms with E-state index in [1.54, 1.807) is 6.33 Å². The molecule has 0 unspecified atom stereocenters. The number of fused-ring (bicyclic) bond motifs is 1. The van der Waals surface area contributed by atoms with Crippen molar-refractivity contribution in [1.29, 1.82) is 0 Å². The molecule has 2 aliphatic rings. The minimum absolute atomic E-state index is 0.607. The molecule has 0 atom stereocenters. The van der Waals surface area contributed by atoms with Gasteiger partial charge in [0.2, 0.25) is 0 Å². The third-order valence-electron chi connectivity index (χ3n) is 7.19. The van der Waals surface area contributed by atoms with Gasteiger partial charge < -0.3 is 24.3 Å². The largest absolute Gasteiger partial charge is 0.490 e. The van der Waals surface area contributed by atoms with Gasteiger partial charge in [-0.3, -0.25) is 9.80 Å². The number of hydrogen-bond acceptors (Lipinski definition) is 9. The molecular weight excluding hydrogens is 506 g/mol. The first-order valence-electron chi connectivity index (χ1n) is 14.4. The van der Waals surface area contributed by atoms with Gasteiger partial charge in [0.1, 0.15) is 12.1 Å². The minimum Gasteiger partial charge on any atom is -0.490 e. The molecule has 40 heavy (non-hydrogen) atoms. The van der Waals surface area contributed by atoms with Gasteiger partial charge in [0.25, 0.3) is 0 Å². The number of hydrogen-bond donors (Lipinski definition) is 1. The van der Waals surface area contributed by atoms with Crippen LogP contribution in [-0.4, -0.2) is 98.7 Å². The lowest BCUT2D eigenvalue weighted by Gasteiger charge is -2.26. The van der Waals surface area contributed by atoms with Crippen LogP contribution in [0, 0.1) is 0 Å². The highest BCUT2D eigenvalue weighted by atomic mass is 16.5. The van der Waals surface area contributed by atoms with Crippen molar-refractivity contribution >= 4 is 28.5 Å². The Morgan fingerprint density at radius 2 is 1.43 bits per heavy atom. The Hall–Kier alpha value is -3.24. The van der Waals surface area contributed by atoms with Crippen LogP contribution in [-0.2, 0) is 9.47 Å². The van der Waals surface area contributed by atoms with E-state index in [-0.39, 0.29) is 0 Å². The Morgan fingerprint density at radius 3 is 2.02 bits per heavy atom. The van der Waals surface area contributed by atoms with Crippen LogP contribution < -0.4 is 14.8 Å². The van der Waals surface area contributed by atoms with Gasteiger partial charge in [-0.1, -0.05) is 24.3 Å². The number of ether oxygens (including phenoxy) is 4. The second kappa shape index (κ2) is 14.9. The van der Waals surface area contributed by atoms with Crippen molar-refractivity contribution in [2.45, 2.75) is 19.8 Å². The predicted molar refractivity (Wildman–Crippen MR) is 159 cm³/mol. The molecule has 9 nitrogen and oxygen atoms in total. The lowest BCUT2D eigenvalue weighted by molar-refractivity contribution is 0.0353. The molecule has 9 heteroatoms. The predicted octanol–water partition coefficient (Wildman–Crippen LogP) is 4.61. The molecule has 0 amide bonds. The maximum Gasteiger partial charge on any atom is 0.163 e. The molecular formula is C31H41N5O4. The van der Waals surface area contributed by atoms with Crippen molar-refractivity contribution in [3.8, 4) is 11.5 Å². The van der Waals surface area contributed by atoms with E-state index < -0.39 is 0 Å². The molecule has 0 spiro atoms. The number of benzene rings is 2. The van der Waals surface area contributed by atoms with Crippen LogP contribution in [0.3, 0.4) is 0 Å². The maximum atomic E-state index is 6.33. The summed E-state index contributed by atoms with van der Waals surface area (Å²) in [6.45, 7) is 12.4. The lowest BCUT2D eigenvalue weighted by Crippen LogP contribution is -2.37. The first kappa shape index (κ1) is 28.3. The highest BCUT2D eigenvalue weighted by Crippen LogP contribution is 2.35. The van der Waals surface area contributed by atoms with Crippen molar-refractivity contribution in [1.82, 2.24) is 19.8 Å². The number of aromatic nitrogens is 2. The van der Waals surface area contributed by atoms with Crippen LogP contribution in [0.2, 0.25) is 0 Å². The van der Waals surface area contributed by atoms with Gasteiger partial charge in [0.05, 0.1) is 45.2 Å². The summed E-state index contributed by atoms with van der Waals surface area (Å²) in [5.74, 6) is 2.18. The standard InChI is InChI=1S/C31H41N5O4/c1-2-5-25-6-8-26(9-7-25)34-31-27-22-29(39-16-3-10-35-12-18-37-19-13-35)30(23-28(27)32-24-33-31)40-17-4-11-36-14-20-38-21-15-36/h2,5-9,22-24H,3-4,10-21H2,1H3,(H,32,33,34)/b5-2+. The fourth-order valence-corrected chi connectivity index (χ4v) is 4.99. The second-order valence-electron chi connectivity index (χ2n) is 10.1. The van der Waals surface area contributed by atoms with Gasteiger partial charge in [0, 0.05) is 56.4 Å². The normalized spacial score (nSPS) is 16.9. The molecule has 2 aliphatic heterocycles. The average Bonchev–Trinajstić information content (AvgIpc) is 3.00. The Morgan fingerprint density at radius 1 is 0.825 bits per heavy atom. The number of nitrogens with one attached hydrogen (secondary N) is 1. The van der Waals surface area contributed by atoms with Crippen LogP contribution >= 0.6 is 0 Å². The first-order chi connectivity index (χ1) is 19.8. The Bertz CT molecular complexity index is 1220. The van der Waals surface area contributed by atoms with Crippen LogP contribution in [0.15, 0.2) is 48.8 Å². The lowest BCUT2D eigenvalue weighted by atomic mass is 10.1. The number of anilines is 2. The van der Waals surface area contributed by atoms with Crippen molar-refractivity contribution in [2.24, 2.45) is 0 Å². The molecule has 3 heterocycles. The van der Waals surface area contributed by atoms with E-state index in [2.05, 4.69) is 55.4 Å². The molecule has 2 saturated heterocycles. The SMILES string of the molecule is C/C=C/c1ccc(Nc2ncnc3cc(OCCCN4CCOCC4)c(OCCCN4CCOCC4)cc23)cc1. The smallest absolute Gasteiger partial charge is 0.163 e. The zero-order valence-electron chi connectivity index (χ0n) is 23.5. The Labute approximate surface area is 237 Å². The van der Waals surface area contributed by atoms with E-state index in [0.717, 1.165) is 118 Å². The minimum atomic E-state index is 0.607. The van der Waals surface area contributed by atoms with Crippen LogP contribution in [0.5, 0.6) is 11.5 Å². The molecule has 1 N–H and O–H groups in total. The second-order valence-corrected chi connectivity index (χ2v) is 10.1. The van der Waals surface area contributed by atoms with E-state index in [9.17, 15) is 0 Å². The molecule has 0 aliphatic carbocycles. The van der Waals surface area contributed by atoms with Gasteiger partial charge in [0.15, 0.2) is 11.5 Å². The summed E-state index contributed by atoms with van der Waals surface area (Å²) < 4.78 is 23.5. The summed E-state index contributed by atoms with van der Waals surface area (Å²) in [6.07, 6.45) is 7.57. The number of allylic oxidation sites excluding steroid dienone is 1. The summed E-state index contributed by atoms with van der Waals surface area (Å²) in [7, 11) is 0. The summed E-state index contributed by atoms with van der Waals surface area (Å²) in [5, 5.41) is 4.35. The van der Waals surface area contributed by atoms with E-state index in [1.165, 1.54) is 0 Å². The highest BCUT2D eigenvalue weighted by Gasteiger charge is 2.15. The van der Waals surface area contributed by atoms with E-state index in [1.807, 2.05) is 25.1 Å². The molecule has 0 saturated carbocycles. The average molecular weight is 548 g/mol. The molecule has 3 aromatic rings. The molecule has 2 fully saturated rings. The van der Waals surface area contributed by atoms with Gasteiger partial charge in [-0.2, -0.15) is 0 Å². The Balaban J connectivity index is 1.29. The molecule has 0 radical (unpaired) electrons. The summed E-state index contributed by atoms with van der Waals surface area (Å²) in [5.41, 5.74) is 2.93. The molecule has 214 valence electrons. The third kappa shape index (κ3) is 8.14. The fraction of sp³-hybridized carbons (Fsp3) is 0.484.